The van der Waals surface area contributed by atoms with Crippen LogP contribution in [-0.2, 0) is 13.1 Å². The minimum atomic E-state index is -0.720. The Bertz CT molecular complexity index is 1960. The van der Waals surface area contributed by atoms with Crippen molar-refractivity contribution in [3.8, 4) is 0 Å². The van der Waals surface area contributed by atoms with Crippen molar-refractivity contribution in [2.45, 2.75) is 106 Å². The molecule has 0 amide bonds. The summed E-state index contributed by atoms with van der Waals surface area (Å²) in [6.45, 7) is 19.6. The maximum Gasteiger partial charge on any atom is 0.0224 e. The zero-order valence-electron chi connectivity index (χ0n) is 34.8. The molecule has 2 nitrogen and oxygen atoms in total. The lowest BCUT2D eigenvalue weighted by atomic mass is 9.90. The summed E-state index contributed by atoms with van der Waals surface area (Å²) >= 11 is 0. The molecule has 2 N–H and O–H groups in total. The van der Waals surface area contributed by atoms with E-state index in [9.17, 15) is 0 Å². The van der Waals surface area contributed by atoms with E-state index >= 15 is 0 Å². The van der Waals surface area contributed by atoms with Gasteiger partial charge >= 0.3 is 0 Å². The molecule has 6 aromatic rings. The van der Waals surface area contributed by atoms with E-state index < -0.39 is 15.8 Å². The molecule has 2 atom stereocenters. The molecular formula is C52H60N2P2. The van der Waals surface area contributed by atoms with Crippen LogP contribution in [0.3, 0.4) is 0 Å². The summed E-state index contributed by atoms with van der Waals surface area (Å²) in [6, 6.07) is 47.9. The third-order valence-corrected chi connectivity index (χ3v) is 16.1. The highest BCUT2D eigenvalue weighted by Crippen LogP contribution is 2.37. The molecule has 2 unspecified atom stereocenters. The molecule has 1 aliphatic rings. The van der Waals surface area contributed by atoms with Gasteiger partial charge < -0.3 is 10.6 Å². The molecule has 0 aromatic heterocycles. The molecule has 1 fully saturated rings. The monoisotopic (exact) mass is 774 g/mol. The number of benzene rings is 6. The van der Waals surface area contributed by atoms with Crippen LogP contribution in [0.25, 0.3) is 0 Å². The van der Waals surface area contributed by atoms with Crippen LogP contribution in [0.1, 0.15) is 81.3 Å². The Hall–Kier alpha value is -3.90. The first-order chi connectivity index (χ1) is 27.0. The molecular weight excluding hydrogens is 715 g/mol. The van der Waals surface area contributed by atoms with Crippen molar-refractivity contribution < 1.29 is 0 Å². The minimum absolute atomic E-state index is 0.415. The van der Waals surface area contributed by atoms with E-state index in [0.717, 1.165) is 13.1 Å². The Morgan fingerprint density at radius 1 is 0.393 bits per heavy atom. The lowest BCUT2D eigenvalue weighted by Gasteiger charge is -2.34. The summed E-state index contributed by atoms with van der Waals surface area (Å²) in [5.74, 6) is 0. The van der Waals surface area contributed by atoms with Crippen molar-refractivity contribution in [2.75, 3.05) is 0 Å². The van der Waals surface area contributed by atoms with E-state index in [0.29, 0.717) is 12.1 Å². The average Bonchev–Trinajstić information content (AvgIpc) is 3.13. The first-order valence-corrected chi connectivity index (χ1v) is 23.2. The molecule has 0 bridgehead atoms. The largest absolute Gasteiger partial charge is 0.308 e. The predicted octanol–water partition coefficient (Wildman–Crippen LogP) is 9.86. The number of aryl methyl sites for hydroxylation is 8. The number of hydrogen-bond acceptors (Lipinski definition) is 2. The molecule has 0 aliphatic heterocycles. The van der Waals surface area contributed by atoms with Crippen LogP contribution in [0.5, 0.6) is 0 Å². The first-order valence-electron chi connectivity index (χ1n) is 20.6. The van der Waals surface area contributed by atoms with Gasteiger partial charge in [-0.15, -0.1) is 0 Å². The van der Waals surface area contributed by atoms with Crippen molar-refractivity contribution in [1.29, 1.82) is 0 Å². The Balaban J connectivity index is 1.15. The van der Waals surface area contributed by atoms with Crippen molar-refractivity contribution in [2.24, 2.45) is 0 Å². The van der Waals surface area contributed by atoms with Crippen molar-refractivity contribution in [1.82, 2.24) is 10.6 Å². The van der Waals surface area contributed by atoms with Gasteiger partial charge in [0.2, 0.25) is 0 Å². The van der Waals surface area contributed by atoms with Gasteiger partial charge in [0.25, 0.3) is 0 Å². The molecule has 56 heavy (non-hydrogen) atoms. The normalized spacial score (nSPS) is 15.8. The van der Waals surface area contributed by atoms with Crippen LogP contribution >= 0.6 is 15.8 Å². The number of hydrogen-bond donors (Lipinski definition) is 2. The fourth-order valence-corrected chi connectivity index (χ4v) is 14.8. The van der Waals surface area contributed by atoms with E-state index in [2.05, 4.69) is 187 Å². The van der Waals surface area contributed by atoms with Gasteiger partial charge in [0.1, 0.15) is 0 Å². The maximum atomic E-state index is 4.13. The quantitative estimate of drug-likeness (QED) is 0.121. The van der Waals surface area contributed by atoms with Gasteiger partial charge in [-0.25, -0.2) is 0 Å². The lowest BCUT2D eigenvalue weighted by molar-refractivity contribution is 0.281. The molecule has 6 aromatic carbocycles. The minimum Gasteiger partial charge on any atom is -0.308 e. The summed E-state index contributed by atoms with van der Waals surface area (Å²) in [7, 11) is -1.44. The highest BCUT2D eigenvalue weighted by Gasteiger charge is 2.27. The van der Waals surface area contributed by atoms with Crippen LogP contribution in [0, 0.1) is 55.4 Å². The van der Waals surface area contributed by atoms with E-state index in [1.54, 1.807) is 0 Å². The fourth-order valence-electron chi connectivity index (χ4n) is 9.03. The van der Waals surface area contributed by atoms with Crippen molar-refractivity contribution in [3.63, 3.8) is 0 Å². The summed E-state index contributed by atoms with van der Waals surface area (Å²) in [5, 5.41) is 16.9. The highest BCUT2D eigenvalue weighted by atomic mass is 31.1. The Kier molecular flexibility index (Phi) is 13.1. The van der Waals surface area contributed by atoms with Gasteiger partial charge in [-0.3, -0.25) is 0 Å². The standard InChI is InChI=1S/C52H60N2P2/c1-35-21-36(2)26-45(25-35)55(46-27-37(3)22-38(4)28-46)51-19-13-9-15-43(51)33-53-49-17-11-12-18-50(49)54-34-44-16-10-14-20-52(44)56(47-29-39(5)23-40(6)30-47)48-31-41(7)24-42(8)32-48/h9-10,13-16,19-32,49-50,53-54H,11-12,17-18,33-34H2,1-8H3. The lowest BCUT2D eigenvalue weighted by Crippen LogP contribution is -2.49. The fraction of sp³-hybridized carbons (Fsp3) is 0.308. The van der Waals surface area contributed by atoms with Gasteiger partial charge in [0.05, 0.1) is 0 Å². The summed E-state index contributed by atoms with van der Waals surface area (Å²) in [6.07, 6.45) is 4.94. The Morgan fingerprint density at radius 2 is 0.661 bits per heavy atom. The summed E-state index contributed by atoms with van der Waals surface area (Å²) in [5.41, 5.74) is 13.5. The van der Waals surface area contributed by atoms with Crippen LogP contribution in [0.2, 0.25) is 0 Å². The second kappa shape index (κ2) is 18.1. The van der Waals surface area contributed by atoms with Crippen LogP contribution in [-0.4, -0.2) is 12.1 Å². The molecule has 4 heteroatoms. The topological polar surface area (TPSA) is 24.1 Å². The maximum absolute atomic E-state index is 4.13. The van der Waals surface area contributed by atoms with Crippen LogP contribution in [0.15, 0.2) is 121 Å². The molecule has 0 saturated heterocycles. The molecule has 1 aliphatic carbocycles. The van der Waals surface area contributed by atoms with E-state index in [4.69, 9.17) is 0 Å². The smallest absolute Gasteiger partial charge is 0.0224 e. The molecule has 0 radical (unpaired) electrons. The molecule has 0 heterocycles. The SMILES string of the molecule is Cc1cc(C)cc(P(c2cc(C)cc(C)c2)c2ccccc2CNC2CCCCC2NCc2ccccc2P(c2cc(C)cc(C)c2)c2cc(C)cc(C)c2)c1. The number of rotatable bonds is 12. The molecule has 1 saturated carbocycles. The Morgan fingerprint density at radius 3 is 0.946 bits per heavy atom. The predicted molar refractivity (Wildman–Crippen MR) is 248 cm³/mol. The summed E-state index contributed by atoms with van der Waals surface area (Å²) in [4.78, 5) is 0. The van der Waals surface area contributed by atoms with E-state index in [1.807, 2.05) is 0 Å². The first kappa shape index (κ1) is 40.3. The van der Waals surface area contributed by atoms with Gasteiger partial charge in [-0.05, 0) is 127 Å². The molecule has 0 spiro atoms. The summed E-state index contributed by atoms with van der Waals surface area (Å²) < 4.78 is 0. The number of nitrogens with one attached hydrogen (secondary N) is 2. The second-order valence-corrected chi connectivity index (χ2v) is 20.9. The average molecular weight is 775 g/mol. The third kappa shape index (κ3) is 9.79. The second-order valence-electron chi connectivity index (χ2n) is 16.6. The van der Waals surface area contributed by atoms with E-state index in [1.165, 1.54) is 113 Å². The third-order valence-electron chi connectivity index (χ3n) is 11.2. The zero-order chi connectivity index (χ0) is 39.3. The highest BCUT2D eigenvalue weighted by molar-refractivity contribution is 7.80. The van der Waals surface area contributed by atoms with Gasteiger partial charge in [0, 0.05) is 25.2 Å². The van der Waals surface area contributed by atoms with Crippen LogP contribution in [0.4, 0.5) is 0 Å². The van der Waals surface area contributed by atoms with Crippen molar-refractivity contribution >= 4 is 47.7 Å². The Labute approximate surface area is 340 Å². The van der Waals surface area contributed by atoms with Crippen LogP contribution < -0.4 is 42.5 Å². The van der Waals surface area contributed by atoms with Gasteiger partial charge in [0.15, 0.2) is 0 Å². The van der Waals surface area contributed by atoms with Gasteiger partial charge in [-0.2, -0.15) is 0 Å². The van der Waals surface area contributed by atoms with Gasteiger partial charge in [-0.1, -0.05) is 179 Å². The van der Waals surface area contributed by atoms with Crippen molar-refractivity contribution in [3.05, 3.63) is 177 Å². The molecule has 7 rings (SSSR count). The molecule has 288 valence electrons. The zero-order valence-corrected chi connectivity index (χ0v) is 36.6. The van der Waals surface area contributed by atoms with E-state index in [-0.39, 0.29) is 0 Å².